The van der Waals surface area contributed by atoms with Crippen molar-refractivity contribution in [3.63, 3.8) is 0 Å². The lowest BCUT2D eigenvalue weighted by Gasteiger charge is -2.36. The van der Waals surface area contributed by atoms with Gasteiger partial charge in [0.05, 0.1) is 32.3 Å². The molecule has 1 heterocycles. The number of β-amino-alcohol motifs (C(OH)–C–C–N with tert-alkyl or cyclic N) is 1. The predicted octanol–water partition coefficient (Wildman–Crippen LogP) is 1.19. The van der Waals surface area contributed by atoms with Gasteiger partial charge in [-0.2, -0.15) is 0 Å². The number of nitrogens with zero attached hydrogens (tertiary/aromatic N) is 1. The summed E-state index contributed by atoms with van der Waals surface area (Å²) in [5.74, 6) is -0.176. The Balaban J connectivity index is 2.40. The van der Waals surface area contributed by atoms with E-state index in [1.54, 1.807) is 0 Å². The van der Waals surface area contributed by atoms with E-state index in [1.807, 2.05) is 13.8 Å². The fraction of sp³-hybridized carbons (Fsp3) is 0.929. The van der Waals surface area contributed by atoms with Crippen LogP contribution in [0, 0.1) is 0 Å². The zero-order valence-corrected chi connectivity index (χ0v) is 12.3. The molecule has 0 aromatic rings. The van der Waals surface area contributed by atoms with Gasteiger partial charge in [0.25, 0.3) is 0 Å². The second kappa shape index (κ2) is 8.51. The van der Waals surface area contributed by atoms with Crippen molar-refractivity contribution in [1.82, 2.24) is 4.90 Å². The van der Waals surface area contributed by atoms with Crippen LogP contribution in [0.2, 0.25) is 0 Å². The number of ether oxygens (including phenoxy) is 2. The van der Waals surface area contributed by atoms with E-state index < -0.39 is 6.10 Å². The highest BCUT2D eigenvalue weighted by Crippen LogP contribution is 2.20. The summed E-state index contributed by atoms with van der Waals surface area (Å²) < 4.78 is 10.1. The highest BCUT2D eigenvalue weighted by atomic mass is 16.5. The summed E-state index contributed by atoms with van der Waals surface area (Å²) in [6, 6.07) is 0.190. The van der Waals surface area contributed by atoms with Crippen molar-refractivity contribution < 1.29 is 19.4 Å². The lowest BCUT2D eigenvalue weighted by Crippen LogP contribution is -2.45. The highest BCUT2D eigenvalue weighted by Gasteiger charge is 2.26. The molecule has 0 aromatic carbocycles. The lowest BCUT2D eigenvalue weighted by molar-refractivity contribution is -0.142. The predicted molar refractivity (Wildman–Crippen MR) is 72.9 cm³/mol. The van der Waals surface area contributed by atoms with E-state index in [9.17, 15) is 9.90 Å². The van der Waals surface area contributed by atoms with E-state index in [-0.39, 0.29) is 18.1 Å². The van der Waals surface area contributed by atoms with Crippen LogP contribution in [0.4, 0.5) is 0 Å². The standard InChI is InChI=1S/C14H27NO4/c1-11(2)19-10-13(16)9-15-7-5-4-6-12(15)8-14(17)18-3/h11-13,16H,4-10H2,1-3H3. The summed E-state index contributed by atoms with van der Waals surface area (Å²) in [6.45, 7) is 5.75. The van der Waals surface area contributed by atoms with Gasteiger partial charge in [0.15, 0.2) is 0 Å². The van der Waals surface area contributed by atoms with Crippen molar-refractivity contribution in [1.29, 1.82) is 0 Å². The molecule has 5 nitrogen and oxygen atoms in total. The number of aliphatic hydroxyl groups excluding tert-OH is 1. The van der Waals surface area contributed by atoms with Crippen LogP contribution in [-0.4, -0.2) is 61.0 Å². The number of carbonyl (C=O) groups is 1. The number of carbonyl (C=O) groups excluding carboxylic acids is 1. The second-order valence-corrected chi connectivity index (χ2v) is 5.46. The number of likely N-dealkylation sites (tertiary alicyclic amines) is 1. The Morgan fingerprint density at radius 3 is 2.79 bits per heavy atom. The average Bonchev–Trinajstić information content (AvgIpc) is 2.38. The molecule has 0 aromatic heterocycles. The molecule has 0 saturated carbocycles. The summed E-state index contributed by atoms with van der Waals surface area (Å²) in [5.41, 5.74) is 0. The minimum absolute atomic E-state index is 0.127. The Bertz CT molecular complexity index is 270. The molecular weight excluding hydrogens is 246 g/mol. The van der Waals surface area contributed by atoms with Crippen molar-refractivity contribution in [2.45, 2.75) is 57.8 Å². The molecule has 0 radical (unpaired) electrons. The number of piperidine rings is 1. The van der Waals surface area contributed by atoms with Gasteiger partial charge in [-0.05, 0) is 33.2 Å². The van der Waals surface area contributed by atoms with Gasteiger partial charge >= 0.3 is 5.97 Å². The second-order valence-electron chi connectivity index (χ2n) is 5.46. The molecule has 1 rings (SSSR count). The van der Waals surface area contributed by atoms with Crippen LogP contribution in [0.1, 0.15) is 39.5 Å². The number of esters is 1. The number of hydrogen-bond acceptors (Lipinski definition) is 5. The molecule has 1 aliphatic rings. The average molecular weight is 273 g/mol. The molecule has 1 saturated heterocycles. The fourth-order valence-corrected chi connectivity index (χ4v) is 2.43. The van der Waals surface area contributed by atoms with Crippen molar-refractivity contribution in [3.8, 4) is 0 Å². The first kappa shape index (κ1) is 16.4. The zero-order chi connectivity index (χ0) is 14.3. The van der Waals surface area contributed by atoms with E-state index in [4.69, 9.17) is 9.47 Å². The quantitative estimate of drug-likeness (QED) is 0.706. The summed E-state index contributed by atoms with van der Waals surface area (Å²) in [5, 5.41) is 9.98. The molecule has 1 aliphatic heterocycles. The molecule has 1 fully saturated rings. The molecule has 0 aliphatic carbocycles. The summed E-state index contributed by atoms with van der Waals surface area (Å²) in [7, 11) is 1.42. The van der Waals surface area contributed by atoms with Gasteiger partial charge in [-0.3, -0.25) is 9.69 Å². The molecule has 0 spiro atoms. The molecule has 0 amide bonds. The summed E-state index contributed by atoms with van der Waals surface area (Å²) >= 11 is 0. The number of rotatable bonds is 7. The SMILES string of the molecule is COC(=O)CC1CCCCN1CC(O)COC(C)C. The zero-order valence-electron chi connectivity index (χ0n) is 12.3. The summed E-state index contributed by atoms with van der Waals surface area (Å²) in [4.78, 5) is 13.6. The lowest BCUT2D eigenvalue weighted by atomic mass is 9.99. The number of methoxy groups -OCH3 is 1. The van der Waals surface area contributed by atoms with Crippen molar-refractivity contribution >= 4 is 5.97 Å². The van der Waals surface area contributed by atoms with Crippen LogP contribution in [0.3, 0.4) is 0 Å². The van der Waals surface area contributed by atoms with Crippen LogP contribution < -0.4 is 0 Å². The first-order valence-corrected chi connectivity index (χ1v) is 7.13. The minimum Gasteiger partial charge on any atom is -0.469 e. The van der Waals surface area contributed by atoms with Crippen molar-refractivity contribution in [2.75, 3.05) is 26.8 Å². The third-order valence-corrected chi connectivity index (χ3v) is 3.45. The molecular formula is C14H27NO4. The van der Waals surface area contributed by atoms with E-state index in [2.05, 4.69) is 4.90 Å². The molecule has 19 heavy (non-hydrogen) atoms. The third kappa shape index (κ3) is 6.36. The first-order chi connectivity index (χ1) is 9.02. The largest absolute Gasteiger partial charge is 0.469 e. The maximum Gasteiger partial charge on any atom is 0.307 e. The Hall–Kier alpha value is -0.650. The van der Waals surface area contributed by atoms with Gasteiger partial charge in [-0.25, -0.2) is 0 Å². The van der Waals surface area contributed by atoms with Crippen LogP contribution >= 0.6 is 0 Å². The van der Waals surface area contributed by atoms with Crippen LogP contribution in [0.15, 0.2) is 0 Å². The van der Waals surface area contributed by atoms with Gasteiger partial charge in [0, 0.05) is 12.6 Å². The maximum absolute atomic E-state index is 11.4. The highest BCUT2D eigenvalue weighted by molar-refractivity contribution is 5.69. The van der Waals surface area contributed by atoms with Crippen LogP contribution in [-0.2, 0) is 14.3 Å². The fourth-order valence-electron chi connectivity index (χ4n) is 2.43. The molecule has 0 bridgehead atoms. The Kier molecular flexibility index (Phi) is 7.34. The Morgan fingerprint density at radius 2 is 2.16 bits per heavy atom. The van der Waals surface area contributed by atoms with E-state index >= 15 is 0 Å². The van der Waals surface area contributed by atoms with Crippen LogP contribution in [0.5, 0.6) is 0 Å². The summed E-state index contributed by atoms with van der Waals surface area (Å²) in [6.07, 6.45) is 3.29. The minimum atomic E-state index is -0.499. The molecule has 1 N–H and O–H groups in total. The van der Waals surface area contributed by atoms with Gasteiger partial charge < -0.3 is 14.6 Å². The Morgan fingerprint density at radius 1 is 1.42 bits per heavy atom. The van der Waals surface area contributed by atoms with Gasteiger partial charge in [0.1, 0.15) is 0 Å². The van der Waals surface area contributed by atoms with Gasteiger partial charge in [0.2, 0.25) is 0 Å². The molecule has 112 valence electrons. The van der Waals surface area contributed by atoms with Gasteiger partial charge in [-0.1, -0.05) is 6.42 Å². The monoisotopic (exact) mass is 273 g/mol. The first-order valence-electron chi connectivity index (χ1n) is 7.13. The van der Waals surface area contributed by atoms with Crippen molar-refractivity contribution in [2.24, 2.45) is 0 Å². The number of hydrogen-bond donors (Lipinski definition) is 1. The topological polar surface area (TPSA) is 59.0 Å². The van der Waals surface area contributed by atoms with Crippen molar-refractivity contribution in [3.05, 3.63) is 0 Å². The van der Waals surface area contributed by atoms with E-state index in [0.29, 0.717) is 19.6 Å². The Labute approximate surface area is 115 Å². The van der Waals surface area contributed by atoms with E-state index in [0.717, 1.165) is 25.8 Å². The number of aliphatic hydroxyl groups is 1. The third-order valence-electron chi connectivity index (χ3n) is 3.45. The maximum atomic E-state index is 11.4. The van der Waals surface area contributed by atoms with Gasteiger partial charge in [-0.15, -0.1) is 0 Å². The smallest absolute Gasteiger partial charge is 0.307 e. The van der Waals surface area contributed by atoms with Crippen LogP contribution in [0.25, 0.3) is 0 Å². The molecule has 5 heteroatoms. The molecule has 2 atom stereocenters. The normalized spacial score (nSPS) is 22.5. The van der Waals surface area contributed by atoms with E-state index in [1.165, 1.54) is 7.11 Å². The molecule has 2 unspecified atom stereocenters.